The van der Waals surface area contributed by atoms with Crippen LogP contribution in [-0.2, 0) is 21.4 Å². The lowest BCUT2D eigenvalue weighted by molar-refractivity contribution is -0.119. The highest BCUT2D eigenvalue weighted by molar-refractivity contribution is 7.98. The van der Waals surface area contributed by atoms with Crippen LogP contribution < -0.4 is 9.62 Å². The molecule has 1 amide bonds. The van der Waals surface area contributed by atoms with Crippen molar-refractivity contribution < 1.29 is 13.2 Å². The third kappa shape index (κ3) is 4.85. The van der Waals surface area contributed by atoms with Crippen molar-refractivity contribution in [3.05, 3.63) is 72.3 Å². The minimum atomic E-state index is -3.59. The standard InChI is InChI=1S/C21H22N2O3S2/c1-27-19-11-6-10-18(13-19)23(28(2,25)26)15-21(24)22-14-17-9-5-8-16-7-3-4-12-20(16)17/h3-13H,14-15H2,1-2H3,(H,22,24). The van der Waals surface area contributed by atoms with Gasteiger partial charge in [0.25, 0.3) is 0 Å². The molecule has 0 saturated heterocycles. The van der Waals surface area contributed by atoms with E-state index in [1.807, 2.05) is 54.8 Å². The van der Waals surface area contributed by atoms with Crippen LogP contribution in [0.3, 0.4) is 0 Å². The van der Waals surface area contributed by atoms with E-state index in [4.69, 9.17) is 0 Å². The number of amides is 1. The largest absolute Gasteiger partial charge is 0.350 e. The van der Waals surface area contributed by atoms with Crippen molar-refractivity contribution in [2.45, 2.75) is 11.4 Å². The van der Waals surface area contributed by atoms with Crippen LogP contribution in [0, 0.1) is 0 Å². The molecule has 0 aromatic heterocycles. The van der Waals surface area contributed by atoms with E-state index >= 15 is 0 Å². The molecule has 0 atom stereocenters. The van der Waals surface area contributed by atoms with Crippen LogP contribution >= 0.6 is 11.8 Å². The molecule has 3 aromatic rings. The highest BCUT2D eigenvalue weighted by atomic mass is 32.2. The van der Waals surface area contributed by atoms with Gasteiger partial charge in [-0.3, -0.25) is 9.10 Å². The van der Waals surface area contributed by atoms with E-state index in [0.717, 1.165) is 31.8 Å². The average molecular weight is 415 g/mol. The maximum absolute atomic E-state index is 12.5. The summed E-state index contributed by atoms with van der Waals surface area (Å²) < 4.78 is 25.6. The summed E-state index contributed by atoms with van der Waals surface area (Å²) in [4.78, 5) is 13.4. The minimum absolute atomic E-state index is 0.262. The van der Waals surface area contributed by atoms with Gasteiger partial charge in [0.15, 0.2) is 0 Å². The molecule has 0 aliphatic heterocycles. The zero-order valence-corrected chi connectivity index (χ0v) is 17.4. The van der Waals surface area contributed by atoms with Crippen molar-refractivity contribution in [1.82, 2.24) is 5.32 Å². The van der Waals surface area contributed by atoms with Gasteiger partial charge in [0.1, 0.15) is 6.54 Å². The van der Waals surface area contributed by atoms with E-state index in [2.05, 4.69) is 5.32 Å². The molecule has 5 nitrogen and oxygen atoms in total. The molecule has 0 unspecified atom stereocenters. The Hall–Kier alpha value is -2.51. The molecule has 3 rings (SSSR count). The van der Waals surface area contributed by atoms with Crippen molar-refractivity contribution in [3.8, 4) is 0 Å². The highest BCUT2D eigenvalue weighted by Crippen LogP contribution is 2.24. The van der Waals surface area contributed by atoms with Crippen molar-refractivity contribution in [3.63, 3.8) is 0 Å². The molecule has 0 spiro atoms. The van der Waals surface area contributed by atoms with E-state index in [9.17, 15) is 13.2 Å². The van der Waals surface area contributed by atoms with Crippen LogP contribution in [0.2, 0.25) is 0 Å². The second kappa shape index (κ2) is 8.67. The van der Waals surface area contributed by atoms with Crippen LogP contribution in [0.1, 0.15) is 5.56 Å². The Morgan fingerprint density at radius 1 is 1.04 bits per heavy atom. The molecule has 1 N–H and O–H groups in total. The van der Waals surface area contributed by atoms with Crippen LogP contribution in [0.4, 0.5) is 5.69 Å². The number of carbonyl (C=O) groups is 1. The lowest BCUT2D eigenvalue weighted by atomic mass is 10.0. The molecule has 3 aromatic carbocycles. The number of nitrogens with zero attached hydrogens (tertiary/aromatic N) is 1. The fourth-order valence-electron chi connectivity index (χ4n) is 2.99. The van der Waals surface area contributed by atoms with Crippen molar-refractivity contribution in [2.75, 3.05) is 23.4 Å². The second-order valence-corrected chi connectivity index (χ2v) is 9.17. The number of benzene rings is 3. The third-order valence-electron chi connectivity index (χ3n) is 4.38. The number of anilines is 1. The molecule has 0 fully saturated rings. The first kappa shape index (κ1) is 20.2. The Balaban J connectivity index is 1.75. The number of hydrogen-bond donors (Lipinski definition) is 1. The second-order valence-electron chi connectivity index (χ2n) is 6.39. The molecule has 0 aliphatic rings. The molecule has 0 radical (unpaired) electrons. The van der Waals surface area contributed by atoms with Gasteiger partial charge >= 0.3 is 0 Å². The summed E-state index contributed by atoms with van der Waals surface area (Å²) in [5.74, 6) is -0.354. The first-order valence-electron chi connectivity index (χ1n) is 8.73. The van der Waals surface area contributed by atoms with Crippen molar-refractivity contribution in [1.29, 1.82) is 0 Å². The Morgan fingerprint density at radius 2 is 1.75 bits per heavy atom. The number of fused-ring (bicyclic) bond motifs is 1. The smallest absolute Gasteiger partial charge is 0.241 e. The summed E-state index contributed by atoms with van der Waals surface area (Å²) in [7, 11) is -3.59. The summed E-state index contributed by atoms with van der Waals surface area (Å²) in [6.45, 7) is 0.0735. The number of sulfonamides is 1. The van der Waals surface area contributed by atoms with Gasteiger partial charge in [0.05, 0.1) is 11.9 Å². The Labute approximate surface area is 169 Å². The molecule has 28 heavy (non-hydrogen) atoms. The van der Waals surface area contributed by atoms with Gasteiger partial charge in [-0.25, -0.2) is 8.42 Å². The van der Waals surface area contributed by atoms with Crippen LogP contribution in [0.15, 0.2) is 71.6 Å². The first-order valence-corrected chi connectivity index (χ1v) is 11.8. The van der Waals surface area contributed by atoms with Crippen LogP contribution in [-0.4, -0.2) is 33.4 Å². The van der Waals surface area contributed by atoms with E-state index in [0.29, 0.717) is 12.2 Å². The Kier molecular flexibility index (Phi) is 6.26. The van der Waals surface area contributed by atoms with E-state index in [1.54, 1.807) is 18.2 Å². The number of rotatable bonds is 7. The van der Waals surface area contributed by atoms with Crippen LogP contribution in [0.25, 0.3) is 10.8 Å². The zero-order valence-electron chi connectivity index (χ0n) is 15.8. The summed E-state index contributed by atoms with van der Waals surface area (Å²) in [5.41, 5.74) is 1.47. The molecule has 0 saturated carbocycles. The average Bonchev–Trinajstić information content (AvgIpc) is 2.69. The van der Waals surface area contributed by atoms with Crippen molar-refractivity contribution in [2.24, 2.45) is 0 Å². The fourth-order valence-corrected chi connectivity index (χ4v) is 4.29. The van der Waals surface area contributed by atoms with Gasteiger partial charge in [0, 0.05) is 11.4 Å². The molecule has 0 bridgehead atoms. The van der Waals surface area contributed by atoms with E-state index in [1.165, 1.54) is 11.8 Å². The number of hydrogen-bond acceptors (Lipinski definition) is 4. The predicted molar refractivity (Wildman–Crippen MR) is 116 cm³/mol. The molecule has 146 valence electrons. The van der Waals surface area contributed by atoms with Gasteiger partial charge in [-0.2, -0.15) is 0 Å². The predicted octanol–water partition coefficient (Wildman–Crippen LogP) is 3.64. The normalized spacial score (nSPS) is 11.4. The maximum atomic E-state index is 12.5. The van der Waals surface area contributed by atoms with E-state index in [-0.39, 0.29) is 12.5 Å². The molecular weight excluding hydrogens is 392 g/mol. The van der Waals surface area contributed by atoms with Gasteiger partial charge in [0.2, 0.25) is 15.9 Å². The summed E-state index contributed by atoms with van der Waals surface area (Å²) in [6.07, 6.45) is 3.03. The summed E-state index contributed by atoms with van der Waals surface area (Å²) >= 11 is 1.52. The number of nitrogens with one attached hydrogen (secondary N) is 1. The topological polar surface area (TPSA) is 66.5 Å². The Bertz CT molecular complexity index is 1090. The fraction of sp³-hybridized carbons (Fsp3) is 0.190. The van der Waals surface area contributed by atoms with E-state index < -0.39 is 10.0 Å². The monoisotopic (exact) mass is 414 g/mol. The molecule has 7 heteroatoms. The van der Waals surface area contributed by atoms with Crippen LogP contribution in [0.5, 0.6) is 0 Å². The molecule has 0 aliphatic carbocycles. The van der Waals surface area contributed by atoms with Gasteiger partial charge in [-0.15, -0.1) is 11.8 Å². The lowest BCUT2D eigenvalue weighted by Gasteiger charge is -2.22. The minimum Gasteiger partial charge on any atom is -0.350 e. The number of carbonyl (C=O) groups excluding carboxylic acids is 1. The summed E-state index contributed by atoms with van der Waals surface area (Å²) in [6, 6.07) is 21.0. The van der Waals surface area contributed by atoms with Crippen molar-refractivity contribution >= 4 is 44.2 Å². The van der Waals surface area contributed by atoms with Gasteiger partial charge in [-0.05, 0) is 40.8 Å². The summed E-state index contributed by atoms with van der Waals surface area (Å²) in [5, 5.41) is 5.01. The lowest BCUT2D eigenvalue weighted by Crippen LogP contribution is -2.40. The first-order chi connectivity index (χ1) is 13.4. The quantitative estimate of drug-likeness (QED) is 0.600. The Morgan fingerprint density at radius 3 is 2.50 bits per heavy atom. The zero-order chi connectivity index (χ0) is 20.1. The van der Waals surface area contributed by atoms with Gasteiger partial charge in [-0.1, -0.05) is 48.5 Å². The SMILES string of the molecule is CSc1cccc(N(CC(=O)NCc2cccc3ccccc23)S(C)(=O)=O)c1. The van der Waals surface area contributed by atoms with Gasteiger partial charge < -0.3 is 5.32 Å². The maximum Gasteiger partial charge on any atom is 0.241 e. The molecule has 0 heterocycles. The number of thioether (sulfide) groups is 1. The highest BCUT2D eigenvalue weighted by Gasteiger charge is 2.21. The third-order valence-corrected chi connectivity index (χ3v) is 6.25. The molecular formula is C21H22N2O3S2.